The van der Waals surface area contributed by atoms with Crippen molar-refractivity contribution in [1.29, 1.82) is 0 Å². The Hall–Kier alpha value is -3.40. The first kappa shape index (κ1) is 20.9. The molecule has 0 saturated carbocycles. The molecule has 2 aromatic heterocycles. The molecule has 0 saturated heterocycles. The van der Waals surface area contributed by atoms with E-state index in [2.05, 4.69) is 17.2 Å². The molecular formula is C21H21N3O6S. The third-order valence-corrected chi connectivity index (χ3v) is 6.41. The van der Waals surface area contributed by atoms with E-state index in [9.17, 15) is 14.7 Å². The van der Waals surface area contributed by atoms with Gasteiger partial charge in [-0.05, 0) is 52.8 Å². The first-order chi connectivity index (χ1) is 14.9. The third kappa shape index (κ3) is 3.86. The zero-order valence-corrected chi connectivity index (χ0v) is 18.1. The van der Waals surface area contributed by atoms with Gasteiger partial charge in [0.05, 0.1) is 25.7 Å². The molecule has 0 spiro atoms. The van der Waals surface area contributed by atoms with E-state index < -0.39 is 17.5 Å². The van der Waals surface area contributed by atoms with Gasteiger partial charge in [-0.3, -0.25) is 4.52 Å². The molecule has 0 aliphatic heterocycles. The summed E-state index contributed by atoms with van der Waals surface area (Å²) < 4.78 is 16.1. The second kappa shape index (κ2) is 8.38. The molecule has 0 amide bonds. The van der Waals surface area contributed by atoms with Gasteiger partial charge in [0.2, 0.25) is 5.69 Å². The lowest BCUT2D eigenvalue weighted by Crippen LogP contribution is -2.44. The van der Waals surface area contributed by atoms with Gasteiger partial charge in [-0.2, -0.15) is 0 Å². The maximum absolute atomic E-state index is 13.0. The number of H-pyrrole nitrogens is 1. The lowest BCUT2D eigenvalue weighted by Gasteiger charge is -2.18. The van der Waals surface area contributed by atoms with Crippen LogP contribution in [0.3, 0.4) is 0 Å². The minimum atomic E-state index is -0.862. The number of benzene rings is 1. The van der Waals surface area contributed by atoms with E-state index in [0.717, 1.165) is 29.7 Å². The fourth-order valence-corrected chi connectivity index (χ4v) is 5.01. The number of hydrogen-bond acceptors (Lipinski definition) is 8. The normalized spacial score (nSPS) is 16.1. The van der Waals surface area contributed by atoms with E-state index in [1.54, 1.807) is 24.3 Å². The second-order valence-corrected chi connectivity index (χ2v) is 8.39. The maximum Gasteiger partial charge on any atom is 0.436 e. The number of thiophene rings is 1. The predicted molar refractivity (Wildman–Crippen MR) is 110 cm³/mol. The lowest BCUT2D eigenvalue weighted by atomic mass is 9.88. The zero-order chi connectivity index (χ0) is 22.1. The number of nitrogens with zero attached hydrogens (tertiary/aromatic N) is 2. The van der Waals surface area contributed by atoms with Crippen molar-refractivity contribution in [3.63, 3.8) is 0 Å². The van der Waals surface area contributed by atoms with E-state index in [-0.39, 0.29) is 10.7 Å². The van der Waals surface area contributed by atoms with Crippen molar-refractivity contribution in [2.24, 2.45) is 10.9 Å². The molecule has 0 bridgehead atoms. The summed E-state index contributed by atoms with van der Waals surface area (Å²) >= 11 is 1.29. The van der Waals surface area contributed by atoms with E-state index in [0.29, 0.717) is 22.9 Å². The van der Waals surface area contributed by atoms with Gasteiger partial charge in [0, 0.05) is 17.0 Å². The standard InChI is InChI=1S/C21H21N3O6S/c1-11-4-9-14-15(10-11)31-19(16(14)20(26)29-3)22-18(25)17-21(27)30-23-24(17)12-5-7-13(28-2)8-6-12/h5-8,11H,4,9-10H2,1-3H3,(H-,22,23,25,26,27). The number of rotatable bonds is 5. The van der Waals surface area contributed by atoms with Gasteiger partial charge in [0.25, 0.3) is 0 Å². The van der Waals surface area contributed by atoms with Crippen LogP contribution in [0, 0.1) is 5.92 Å². The largest absolute Gasteiger partial charge is 0.854 e. The number of fused-ring (bicyclic) bond motifs is 1. The molecule has 0 radical (unpaired) electrons. The summed E-state index contributed by atoms with van der Waals surface area (Å²) in [5, 5.41) is 15.7. The zero-order valence-electron chi connectivity index (χ0n) is 17.3. The molecule has 1 aliphatic rings. The molecule has 9 nitrogen and oxygen atoms in total. The van der Waals surface area contributed by atoms with Gasteiger partial charge in [-0.25, -0.2) is 14.6 Å². The van der Waals surface area contributed by atoms with Crippen LogP contribution in [0.1, 0.15) is 39.8 Å². The average Bonchev–Trinajstić information content (AvgIpc) is 3.32. The topological polar surface area (TPSA) is 121 Å². The molecule has 2 heterocycles. The van der Waals surface area contributed by atoms with Gasteiger partial charge >= 0.3 is 17.3 Å². The molecule has 31 heavy (non-hydrogen) atoms. The first-order valence-corrected chi connectivity index (χ1v) is 10.5. The van der Waals surface area contributed by atoms with Gasteiger partial charge in [-0.15, -0.1) is 11.3 Å². The Kier molecular flexibility index (Phi) is 5.64. The molecule has 1 aliphatic carbocycles. The number of ether oxygens (including phenoxy) is 2. The van der Waals surface area contributed by atoms with Gasteiger partial charge in [0.15, 0.2) is 0 Å². The Labute approximate surface area is 181 Å². The summed E-state index contributed by atoms with van der Waals surface area (Å²) in [6, 6.07) is 6.68. The monoisotopic (exact) mass is 443 g/mol. The highest BCUT2D eigenvalue weighted by atomic mass is 32.1. The summed E-state index contributed by atoms with van der Waals surface area (Å²) in [5.41, 5.74) is 0.502. The summed E-state index contributed by atoms with van der Waals surface area (Å²) in [4.78, 5) is 29.9. The Morgan fingerprint density at radius 3 is 2.74 bits per heavy atom. The van der Waals surface area contributed by atoms with E-state index in [1.807, 2.05) is 0 Å². The molecular weight excluding hydrogens is 422 g/mol. The fourth-order valence-electron chi connectivity index (χ4n) is 3.64. The Balaban J connectivity index is 1.80. The van der Waals surface area contributed by atoms with Gasteiger partial charge < -0.3 is 14.6 Å². The highest BCUT2D eigenvalue weighted by Crippen LogP contribution is 2.41. The summed E-state index contributed by atoms with van der Waals surface area (Å²) in [5.74, 6) is -0.256. The quantitative estimate of drug-likeness (QED) is 0.277. The van der Waals surface area contributed by atoms with Crippen molar-refractivity contribution in [2.45, 2.75) is 26.2 Å². The Bertz CT molecular complexity index is 1200. The predicted octanol–water partition coefficient (Wildman–Crippen LogP) is 1.66. The SMILES string of the molecule is COC(=O)c1c(/N=C(\[O-])c2c(=O)o[nH][n+]2-c2ccc(OC)cc2)sc2c1CCC(C)C2. The molecule has 1 aromatic carbocycles. The fraction of sp³-hybridized carbons (Fsp3) is 0.333. The smallest absolute Gasteiger partial charge is 0.436 e. The number of aromatic amines is 1. The number of esters is 1. The molecule has 1 N–H and O–H groups in total. The van der Waals surface area contributed by atoms with Gasteiger partial charge in [0.1, 0.15) is 10.8 Å². The van der Waals surface area contributed by atoms with Crippen LogP contribution in [0.5, 0.6) is 5.75 Å². The van der Waals surface area contributed by atoms with E-state index in [4.69, 9.17) is 14.0 Å². The first-order valence-electron chi connectivity index (χ1n) is 9.69. The van der Waals surface area contributed by atoms with Crippen molar-refractivity contribution < 1.29 is 28.6 Å². The van der Waals surface area contributed by atoms with Crippen LogP contribution in [0.4, 0.5) is 5.00 Å². The Morgan fingerprint density at radius 2 is 2.06 bits per heavy atom. The minimum Gasteiger partial charge on any atom is -0.854 e. The van der Waals surface area contributed by atoms with Crippen LogP contribution >= 0.6 is 11.3 Å². The highest BCUT2D eigenvalue weighted by molar-refractivity contribution is 7.16. The molecule has 4 rings (SSSR count). The van der Waals surface area contributed by atoms with Crippen LogP contribution < -0.4 is 20.2 Å². The average molecular weight is 443 g/mol. The minimum absolute atomic E-state index is 0.248. The van der Waals surface area contributed by atoms with Crippen LogP contribution in [0.2, 0.25) is 0 Å². The number of aromatic nitrogens is 2. The number of hydrogen-bond donors (Lipinski definition) is 1. The number of nitrogens with one attached hydrogen (secondary N) is 1. The van der Waals surface area contributed by atoms with Crippen molar-refractivity contribution >= 4 is 28.2 Å². The van der Waals surface area contributed by atoms with Crippen LogP contribution in [0.25, 0.3) is 5.69 Å². The lowest BCUT2D eigenvalue weighted by molar-refractivity contribution is -0.673. The van der Waals surface area contributed by atoms with Crippen LogP contribution in [-0.2, 0) is 17.6 Å². The third-order valence-electron chi connectivity index (χ3n) is 5.27. The number of carbonyl (C=O) groups is 1. The number of methoxy groups -OCH3 is 2. The van der Waals surface area contributed by atoms with Crippen LogP contribution in [-0.4, -0.2) is 31.4 Å². The Morgan fingerprint density at radius 1 is 1.32 bits per heavy atom. The van der Waals surface area contributed by atoms with E-state index in [1.165, 1.54) is 30.2 Å². The summed E-state index contributed by atoms with van der Waals surface area (Å²) in [7, 11) is 2.83. The van der Waals surface area contributed by atoms with Crippen molar-refractivity contribution in [1.82, 2.24) is 5.27 Å². The summed E-state index contributed by atoms with van der Waals surface area (Å²) in [6.45, 7) is 2.14. The maximum atomic E-state index is 13.0. The van der Waals surface area contributed by atoms with Gasteiger partial charge in [-0.1, -0.05) is 6.92 Å². The summed E-state index contributed by atoms with van der Waals surface area (Å²) in [6.07, 6.45) is 2.48. The van der Waals surface area contributed by atoms with E-state index >= 15 is 0 Å². The molecule has 10 heteroatoms. The molecule has 3 aromatic rings. The molecule has 0 fully saturated rings. The molecule has 1 atom stereocenters. The second-order valence-electron chi connectivity index (χ2n) is 7.30. The number of aliphatic imine (C=N–C) groups is 1. The van der Waals surface area contributed by atoms with Crippen molar-refractivity contribution in [3.8, 4) is 11.4 Å². The molecule has 1 unspecified atom stereocenters. The van der Waals surface area contributed by atoms with Crippen LogP contribution in [0.15, 0.2) is 38.6 Å². The highest BCUT2D eigenvalue weighted by Gasteiger charge is 2.29. The number of carbonyl (C=O) groups excluding carboxylic acids is 1. The van der Waals surface area contributed by atoms with Crippen molar-refractivity contribution in [3.05, 3.63) is 56.4 Å². The van der Waals surface area contributed by atoms with Crippen molar-refractivity contribution in [2.75, 3.05) is 14.2 Å². The molecule has 162 valence electrons.